The summed E-state index contributed by atoms with van der Waals surface area (Å²) < 4.78 is 38.5. The van der Waals surface area contributed by atoms with Crippen molar-refractivity contribution in [1.82, 2.24) is 19.0 Å². The van der Waals surface area contributed by atoms with Crippen molar-refractivity contribution in [3.05, 3.63) is 23.3 Å². The van der Waals surface area contributed by atoms with Crippen molar-refractivity contribution in [2.24, 2.45) is 5.92 Å². The first kappa shape index (κ1) is 28.8. The Morgan fingerprint density at radius 1 is 1.08 bits per heavy atom. The maximum atomic E-state index is 13.1. The number of hydrogen-bond acceptors (Lipinski definition) is 7. The summed E-state index contributed by atoms with van der Waals surface area (Å²) in [6.07, 6.45) is 3.33. The number of sulfonamides is 1. The number of aryl methyl sites for hydroxylation is 2. The number of nitrogens with zero attached hydrogens (tertiary/aromatic N) is 4. The van der Waals surface area contributed by atoms with Crippen LogP contribution in [0.2, 0.25) is 0 Å². The highest BCUT2D eigenvalue weighted by Crippen LogP contribution is 2.31. The van der Waals surface area contributed by atoms with Crippen LogP contribution in [0.4, 0.5) is 0 Å². The third-order valence-electron chi connectivity index (χ3n) is 7.71. The van der Waals surface area contributed by atoms with Crippen LogP contribution in [0, 0.1) is 19.8 Å². The topological polar surface area (TPSA) is 82.6 Å². The number of likely N-dealkylation sites (N-methyl/N-ethyl adjacent to an activating group) is 3. The molecule has 1 aromatic rings. The van der Waals surface area contributed by atoms with E-state index in [0.717, 1.165) is 52.0 Å². The molecule has 36 heavy (non-hydrogen) atoms. The molecular weight excluding hydrogens is 480 g/mol. The summed E-state index contributed by atoms with van der Waals surface area (Å²) >= 11 is 0. The second-order valence-electron chi connectivity index (χ2n) is 10.3. The van der Waals surface area contributed by atoms with Gasteiger partial charge in [-0.25, -0.2) is 8.42 Å². The van der Waals surface area contributed by atoms with E-state index < -0.39 is 10.0 Å². The number of benzene rings is 1. The van der Waals surface area contributed by atoms with Crippen molar-refractivity contribution in [3.8, 4) is 5.75 Å². The fourth-order valence-electron chi connectivity index (χ4n) is 5.45. The molecule has 1 heterocycles. The van der Waals surface area contributed by atoms with Gasteiger partial charge in [-0.2, -0.15) is 4.31 Å². The Morgan fingerprint density at radius 2 is 1.72 bits per heavy atom. The lowest BCUT2D eigenvalue weighted by Crippen LogP contribution is -2.49. The van der Waals surface area contributed by atoms with E-state index in [0.29, 0.717) is 22.8 Å². The van der Waals surface area contributed by atoms with Crippen LogP contribution in [0.15, 0.2) is 17.0 Å². The molecule has 0 radical (unpaired) electrons. The summed E-state index contributed by atoms with van der Waals surface area (Å²) in [5.41, 5.74) is 1.28. The Balaban J connectivity index is 1.47. The first-order valence-corrected chi connectivity index (χ1v) is 14.3. The second kappa shape index (κ2) is 12.7. The van der Waals surface area contributed by atoms with Crippen molar-refractivity contribution in [3.63, 3.8) is 0 Å². The van der Waals surface area contributed by atoms with Gasteiger partial charge in [0, 0.05) is 59.4 Å². The fourth-order valence-corrected chi connectivity index (χ4v) is 7.01. The van der Waals surface area contributed by atoms with Gasteiger partial charge in [0.15, 0.2) is 0 Å². The molecule has 2 fully saturated rings. The average molecular weight is 525 g/mol. The first-order chi connectivity index (χ1) is 17.0. The zero-order valence-electron chi connectivity index (χ0n) is 22.8. The van der Waals surface area contributed by atoms with Gasteiger partial charge in [0.25, 0.3) is 0 Å². The van der Waals surface area contributed by atoms with E-state index in [1.165, 1.54) is 11.4 Å². The van der Waals surface area contributed by atoms with Crippen molar-refractivity contribution < 1.29 is 22.7 Å². The SMILES string of the molecule is COc1cc(C)c(S(=O)(=O)N(C)CCOCC(=O)N(C)C2CCC[C@H]2CN2CCN(C)CC2)c(C)c1. The molecule has 0 N–H and O–H groups in total. The molecule has 2 aliphatic rings. The van der Waals surface area contributed by atoms with Gasteiger partial charge in [0.1, 0.15) is 12.4 Å². The van der Waals surface area contributed by atoms with Crippen molar-refractivity contribution in [2.45, 2.75) is 44.0 Å². The molecule has 0 bridgehead atoms. The number of carbonyl (C=O) groups excluding carboxylic acids is 1. The molecule has 1 amide bonds. The maximum absolute atomic E-state index is 13.1. The Kier molecular flexibility index (Phi) is 10.2. The van der Waals surface area contributed by atoms with Crippen LogP contribution in [0.5, 0.6) is 5.75 Å². The molecule has 1 aliphatic carbocycles. The Bertz CT molecular complexity index is 971. The van der Waals surface area contributed by atoms with Crippen molar-refractivity contribution in [1.29, 1.82) is 0 Å². The van der Waals surface area contributed by atoms with Gasteiger partial charge in [0.05, 0.1) is 18.6 Å². The van der Waals surface area contributed by atoms with E-state index in [9.17, 15) is 13.2 Å². The van der Waals surface area contributed by atoms with Crippen LogP contribution in [0.1, 0.15) is 30.4 Å². The molecular formula is C26H44N4O5S. The largest absolute Gasteiger partial charge is 0.497 e. The highest BCUT2D eigenvalue weighted by Gasteiger charge is 2.34. The predicted octanol–water partition coefficient (Wildman–Crippen LogP) is 1.82. The van der Waals surface area contributed by atoms with Gasteiger partial charge in [-0.1, -0.05) is 6.42 Å². The van der Waals surface area contributed by atoms with E-state index in [-0.39, 0.29) is 36.6 Å². The van der Waals surface area contributed by atoms with E-state index in [1.54, 1.807) is 33.1 Å². The lowest BCUT2D eigenvalue weighted by molar-refractivity contribution is -0.137. The molecule has 204 valence electrons. The zero-order chi connectivity index (χ0) is 26.5. The minimum absolute atomic E-state index is 0.0390. The summed E-state index contributed by atoms with van der Waals surface area (Å²) in [6, 6.07) is 3.68. The van der Waals surface area contributed by atoms with Crippen LogP contribution >= 0.6 is 0 Å². The lowest BCUT2D eigenvalue weighted by Gasteiger charge is -2.37. The summed E-state index contributed by atoms with van der Waals surface area (Å²) in [6.45, 7) is 9.23. The molecule has 1 aliphatic heterocycles. The molecule has 1 saturated carbocycles. The molecule has 3 rings (SSSR count). The third-order valence-corrected chi connectivity index (χ3v) is 9.88. The zero-order valence-corrected chi connectivity index (χ0v) is 23.6. The molecule has 0 aromatic heterocycles. The normalized spacial score (nSPS) is 21.8. The van der Waals surface area contributed by atoms with Gasteiger partial charge in [-0.15, -0.1) is 0 Å². The molecule has 1 unspecified atom stereocenters. The average Bonchev–Trinajstić information content (AvgIpc) is 3.29. The van der Waals surface area contributed by atoms with Crippen molar-refractivity contribution >= 4 is 15.9 Å². The van der Waals surface area contributed by atoms with Gasteiger partial charge in [0.2, 0.25) is 15.9 Å². The van der Waals surface area contributed by atoms with Gasteiger partial charge in [-0.05, 0) is 62.9 Å². The summed E-state index contributed by atoms with van der Waals surface area (Å²) in [5.74, 6) is 1.08. The number of rotatable bonds is 11. The Morgan fingerprint density at radius 3 is 2.33 bits per heavy atom. The monoisotopic (exact) mass is 524 g/mol. The van der Waals surface area contributed by atoms with Crippen LogP contribution in [0.25, 0.3) is 0 Å². The molecule has 9 nitrogen and oxygen atoms in total. The van der Waals surface area contributed by atoms with E-state index >= 15 is 0 Å². The quantitative estimate of drug-likeness (QED) is 0.409. The lowest BCUT2D eigenvalue weighted by atomic mass is 10.0. The molecule has 10 heteroatoms. The highest BCUT2D eigenvalue weighted by molar-refractivity contribution is 7.89. The second-order valence-corrected chi connectivity index (χ2v) is 12.3. The fraction of sp³-hybridized carbons (Fsp3) is 0.731. The summed E-state index contributed by atoms with van der Waals surface area (Å²) in [5, 5.41) is 0. The number of ether oxygens (including phenoxy) is 2. The highest BCUT2D eigenvalue weighted by atomic mass is 32.2. The number of methoxy groups -OCH3 is 1. The van der Waals surface area contributed by atoms with Gasteiger partial charge < -0.3 is 24.2 Å². The van der Waals surface area contributed by atoms with E-state index in [1.807, 2.05) is 11.9 Å². The van der Waals surface area contributed by atoms with Gasteiger partial charge >= 0.3 is 0 Å². The Hall–Kier alpha value is -1.72. The maximum Gasteiger partial charge on any atom is 0.248 e. The first-order valence-electron chi connectivity index (χ1n) is 12.9. The van der Waals surface area contributed by atoms with E-state index in [2.05, 4.69) is 16.8 Å². The number of piperazine rings is 1. The number of carbonyl (C=O) groups is 1. The van der Waals surface area contributed by atoms with Gasteiger partial charge in [-0.3, -0.25) is 4.79 Å². The summed E-state index contributed by atoms with van der Waals surface area (Å²) in [4.78, 5) is 19.9. The van der Waals surface area contributed by atoms with Crippen LogP contribution in [0.3, 0.4) is 0 Å². The third kappa shape index (κ3) is 6.98. The predicted molar refractivity (Wildman–Crippen MR) is 141 cm³/mol. The van der Waals surface area contributed by atoms with Crippen molar-refractivity contribution in [2.75, 3.05) is 80.7 Å². The molecule has 1 saturated heterocycles. The molecule has 1 aromatic carbocycles. The van der Waals surface area contributed by atoms with Crippen LogP contribution in [-0.4, -0.2) is 120 Å². The minimum atomic E-state index is -3.69. The Labute approximate surface area is 217 Å². The van der Waals surface area contributed by atoms with E-state index in [4.69, 9.17) is 9.47 Å². The summed E-state index contributed by atoms with van der Waals surface area (Å²) in [7, 11) is 3.46. The van der Waals surface area contributed by atoms with Crippen LogP contribution in [-0.2, 0) is 19.6 Å². The molecule has 2 atom stereocenters. The number of amides is 1. The smallest absolute Gasteiger partial charge is 0.248 e. The number of hydrogen-bond donors (Lipinski definition) is 0. The minimum Gasteiger partial charge on any atom is -0.497 e. The standard InChI is InChI=1S/C26H44N4O5S/c1-20-16-23(34-6)17-21(2)26(20)36(32,33)28(4)14-15-35-19-25(31)29(5)24-9-7-8-22(24)18-30-12-10-27(3)11-13-30/h16-17,22,24H,7-15,18-19H2,1-6H3/t22-,24?/m0/s1. The molecule has 0 spiro atoms. The van der Waals surface area contributed by atoms with Crippen LogP contribution < -0.4 is 4.74 Å².